The fourth-order valence-corrected chi connectivity index (χ4v) is 5.84. The minimum Gasteiger partial charge on any atom is -0.349 e. The Morgan fingerprint density at radius 1 is 1.08 bits per heavy atom. The first-order chi connectivity index (χ1) is 17.0. The summed E-state index contributed by atoms with van der Waals surface area (Å²) in [7, 11) is -4.05. The Bertz CT molecular complexity index is 1350. The molecule has 1 saturated heterocycles. The number of pyridine rings is 1. The smallest absolute Gasteiger partial charge is 0.349 e. The predicted octanol–water partition coefficient (Wildman–Crippen LogP) is 3.55. The molecule has 36 heavy (non-hydrogen) atoms. The fourth-order valence-electron chi connectivity index (χ4n) is 4.00. The summed E-state index contributed by atoms with van der Waals surface area (Å²) in [4.78, 5) is 24.4. The average Bonchev–Trinajstić information content (AvgIpc) is 3.25. The second-order valence-electron chi connectivity index (χ2n) is 8.27. The first kappa shape index (κ1) is 25.6. The molecule has 1 N–H and O–H groups in total. The SMILES string of the molecule is C[C@@H]1CCC(C(=O)NCc2cc(-c3ccc(C(F)(F)F)nc3)ncn2)N1S(=O)(=O)c1ccc(F)cc1. The maximum Gasteiger partial charge on any atom is 0.433 e. The van der Waals surface area contributed by atoms with E-state index in [1.54, 1.807) is 6.92 Å². The Labute approximate surface area is 204 Å². The van der Waals surface area contributed by atoms with Gasteiger partial charge < -0.3 is 5.32 Å². The summed E-state index contributed by atoms with van der Waals surface area (Å²) in [5.74, 6) is -1.10. The van der Waals surface area contributed by atoms with Gasteiger partial charge in [-0.25, -0.2) is 22.8 Å². The lowest BCUT2D eigenvalue weighted by Gasteiger charge is -2.27. The quantitative estimate of drug-likeness (QED) is 0.496. The third-order valence-corrected chi connectivity index (χ3v) is 7.85. The average molecular weight is 524 g/mol. The standard InChI is InChI=1S/C23H21F4N5O3S/c1-14-2-8-20(32(14)36(34,35)18-6-4-16(24)5-7-18)22(33)29-12-17-10-19(31-13-30-17)15-3-9-21(28-11-15)23(25,26)27/h3-7,9-11,13-14,20H,2,8,12H2,1H3,(H,29,33)/t14-,20?/m1/s1. The Morgan fingerprint density at radius 2 is 1.81 bits per heavy atom. The van der Waals surface area contributed by atoms with Crippen molar-refractivity contribution in [2.45, 2.75) is 49.5 Å². The van der Waals surface area contributed by atoms with Gasteiger partial charge in [0.15, 0.2) is 0 Å². The van der Waals surface area contributed by atoms with Gasteiger partial charge in [0.05, 0.1) is 22.8 Å². The molecule has 3 aromatic rings. The van der Waals surface area contributed by atoms with Gasteiger partial charge in [-0.3, -0.25) is 9.78 Å². The lowest BCUT2D eigenvalue weighted by molar-refractivity contribution is -0.141. The minimum absolute atomic E-state index is 0.0578. The maximum atomic E-state index is 13.3. The Hall–Kier alpha value is -3.45. The van der Waals surface area contributed by atoms with Crippen molar-refractivity contribution < 1.29 is 30.8 Å². The van der Waals surface area contributed by atoms with Crippen molar-refractivity contribution in [3.8, 4) is 11.3 Å². The highest BCUT2D eigenvalue weighted by Gasteiger charge is 2.43. The van der Waals surface area contributed by atoms with Crippen LogP contribution in [-0.4, -0.2) is 45.7 Å². The van der Waals surface area contributed by atoms with Crippen molar-refractivity contribution in [3.05, 3.63) is 72.2 Å². The molecule has 0 bridgehead atoms. The molecular formula is C23H21F4N5O3S. The van der Waals surface area contributed by atoms with E-state index in [9.17, 15) is 30.8 Å². The van der Waals surface area contributed by atoms with E-state index in [1.165, 1.54) is 18.5 Å². The van der Waals surface area contributed by atoms with Crippen molar-refractivity contribution in [2.24, 2.45) is 0 Å². The highest BCUT2D eigenvalue weighted by atomic mass is 32.2. The summed E-state index contributed by atoms with van der Waals surface area (Å²) in [5, 5.41) is 2.67. The zero-order chi connectivity index (χ0) is 26.1. The molecular weight excluding hydrogens is 502 g/mol. The topological polar surface area (TPSA) is 105 Å². The number of nitrogens with zero attached hydrogens (tertiary/aromatic N) is 4. The summed E-state index contributed by atoms with van der Waals surface area (Å²) in [6.45, 7) is 1.64. The highest BCUT2D eigenvalue weighted by Crippen LogP contribution is 2.31. The molecule has 0 radical (unpaired) electrons. The number of carbonyl (C=O) groups excluding carboxylic acids is 1. The molecule has 2 atom stereocenters. The van der Waals surface area contributed by atoms with E-state index in [4.69, 9.17) is 0 Å². The normalized spacial score (nSPS) is 18.8. The van der Waals surface area contributed by atoms with Gasteiger partial charge in [-0.1, -0.05) is 0 Å². The first-order valence-corrected chi connectivity index (χ1v) is 12.3. The van der Waals surface area contributed by atoms with Gasteiger partial charge in [-0.2, -0.15) is 17.5 Å². The molecule has 2 aromatic heterocycles. The summed E-state index contributed by atoms with van der Waals surface area (Å²) in [6.07, 6.45) is -1.53. The van der Waals surface area contributed by atoms with Crippen LogP contribution in [0.4, 0.5) is 17.6 Å². The number of benzene rings is 1. The number of nitrogens with one attached hydrogen (secondary N) is 1. The van der Waals surface area contributed by atoms with E-state index < -0.39 is 45.7 Å². The predicted molar refractivity (Wildman–Crippen MR) is 120 cm³/mol. The largest absolute Gasteiger partial charge is 0.433 e. The van der Waals surface area contributed by atoms with Gasteiger partial charge >= 0.3 is 6.18 Å². The van der Waals surface area contributed by atoms with Gasteiger partial charge in [-0.15, -0.1) is 0 Å². The molecule has 0 saturated carbocycles. The molecule has 13 heteroatoms. The lowest BCUT2D eigenvalue weighted by Crippen LogP contribution is -2.48. The summed E-state index contributed by atoms with van der Waals surface area (Å²) < 4.78 is 78.9. The first-order valence-electron chi connectivity index (χ1n) is 10.9. The summed E-state index contributed by atoms with van der Waals surface area (Å²) in [6, 6.07) is 6.57. The third-order valence-electron chi connectivity index (χ3n) is 5.81. The molecule has 3 heterocycles. The minimum atomic E-state index is -4.56. The van der Waals surface area contributed by atoms with Crippen molar-refractivity contribution in [1.29, 1.82) is 0 Å². The maximum absolute atomic E-state index is 13.3. The van der Waals surface area contributed by atoms with Crippen LogP contribution in [0.1, 0.15) is 31.2 Å². The zero-order valence-electron chi connectivity index (χ0n) is 18.9. The van der Waals surface area contributed by atoms with E-state index >= 15 is 0 Å². The number of hydrogen-bond acceptors (Lipinski definition) is 6. The number of hydrogen-bond donors (Lipinski definition) is 1. The Balaban J connectivity index is 1.47. The molecule has 190 valence electrons. The Kier molecular flexibility index (Phi) is 7.05. The lowest BCUT2D eigenvalue weighted by atomic mass is 10.1. The second kappa shape index (κ2) is 9.90. The van der Waals surface area contributed by atoms with Crippen molar-refractivity contribution in [2.75, 3.05) is 0 Å². The van der Waals surface area contributed by atoms with Gasteiger partial charge in [0.2, 0.25) is 15.9 Å². The van der Waals surface area contributed by atoms with Crippen LogP contribution in [0.3, 0.4) is 0 Å². The van der Waals surface area contributed by atoms with Crippen LogP contribution in [0.15, 0.2) is 59.9 Å². The molecule has 4 rings (SSSR count). The van der Waals surface area contributed by atoms with Crippen LogP contribution >= 0.6 is 0 Å². The molecule has 1 fully saturated rings. The highest BCUT2D eigenvalue weighted by molar-refractivity contribution is 7.89. The van der Waals surface area contributed by atoms with Gasteiger partial charge in [0.1, 0.15) is 23.9 Å². The molecule has 1 aliphatic heterocycles. The molecule has 1 aliphatic rings. The van der Waals surface area contributed by atoms with Crippen LogP contribution in [0.5, 0.6) is 0 Å². The number of amides is 1. The number of rotatable bonds is 6. The molecule has 1 amide bonds. The number of sulfonamides is 1. The summed E-state index contributed by atoms with van der Waals surface area (Å²) in [5.41, 5.74) is -0.0180. The van der Waals surface area contributed by atoms with Crippen LogP contribution < -0.4 is 5.32 Å². The van der Waals surface area contributed by atoms with E-state index in [0.717, 1.165) is 40.8 Å². The molecule has 8 nitrogen and oxygen atoms in total. The van der Waals surface area contributed by atoms with Crippen LogP contribution in [-0.2, 0) is 27.5 Å². The Morgan fingerprint density at radius 3 is 2.44 bits per heavy atom. The van der Waals surface area contributed by atoms with Gasteiger partial charge in [0, 0.05) is 17.8 Å². The molecule has 1 unspecified atom stereocenters. The van der Waals surface area contributed by atoms with E-state index in [2.05, 4.69) is 20.3 Å². The van der Waals surface area contributed by atoms with Gasteiger partial charge in [0.25, 0.3) is 0 Å². The second-order valence-corrected chi connectivity index (χ2v) is 10.1. The molecule has 1 aromatic carbocycles. The number of alkyl halides is 3. The van der Waals surface area contributed by atoms with E-state index in [0.29, 0.717) is 29.8 Å². The number of aromatic nitrogens is 3. The molecule has 0 aliphatic carbocycles. The van der Waals surface area contributed by atoms with Crippen LogP contribution in [0.2, 0.25) is 0 Å². The zero-order valence-corrected chi connectivity index (χ0v) is 19.7. The van der Waals surface area contributed by atoms with Crippen molar-refractivity contribution >= 4 is 15.9 Å². The van der Waals surface area contributed by atoms with Crippen LogP contribution in [0.25, 0.3) is 11.3 Å². The number of carbonyl (C=O) groups is 1. The molecule has 0 spiro atoms. The van der Waals surface area contributed by atoms with E-state index in [-0.39, 0.29) is 11.4 Å². The number of halogens is 4. The van der Waals surface area contributed by atoms with Gasteiger partial charge in [-0.05, 0) is 62.2 Å². The monoisotopic (exact) mass is 523 g/mol. The van der Waals surface area contributed by atoms with Crippen molar-refractivity contribution in [3.63, 3.8) is 0 Å². The summed E-state index contributed by atoms with van der Waals surface area (Å²) >= 11 is 0. The van der Waals surface area contributed by atoms with E-state index in [1.807, 2.05) is 0 Å². The van der Waals surface area contributed by atoms with Crippen LogP contribution in [0, 0.1) is 5.82 Å². The third kappa shape index (κ3) is 5.36. The fraction of sp³-hybridized carbons (Fsp3) is 0.304. The van der Waals surface area contributed by atoms with Crippen molar-refractivity contribution in [1.82, 2.24) is 24.6 Å².